The van der Waals surface area contributed by atoms with Crippen LogP contribution in [-0.2, 0) is 12.0 Å². The van der Waals surface area contributed by atoms with Gasteiger partial charge in [0.05, 0.1) is 0 Å². The Morgan fingerprint density at radius 3 is 2.09 bits per heavy atom. The van der Waals surface area contributed by atoms with E-state index < -0.39 is 0 Å². The summed E-state index contributed by atoms with van der Waals surface area (Å²) in [7, 11) is 0. The van der Waals surface area contributed by atoms with Crippen LogP contribution in [0.5, 0.6) is 0 Å². The second-order valence-electron chi connectivity index (χ2n) is 10.5. The molecule has 0 amide bonds. The Kier molecular flexibility index (Phi) is 5.21. The zero-order valence-corrected chi connectivity index (χ0v) is 21.9. The highest BCUT2D eigenvalue weighted by molar-refractivity contribution is 9.10. The van der Waals surface area contributed by atoms with Crippen molar-refractivity contribution in [2.24, 2.45) is 5.73 Å². The molecule has 0 radical (unpaired) electrons. The summed E-state index contributed by atoms with van der Waals surface area (Å²) in [4.78, 5) is 0. The number of halogens is 1. The van der Waals surface area contributed by atoms with E-state index in [4.69, 9.17) is 5.73 Å². The van der Waals surface area contributed by atoms with Gasteiger partial charge in [0.15, 0.2) is 0 Å². The van der Waals surface area contributed by atoms with E-state index in [2.05, 4.69) is 128 Å². The molecule has 0 fully saturated rings. The first-order chi connectivity index (χ1) is 16.8. The highest BCUT2D eigenvalue weighted by Crippen LogP contribution is 2.45. The SMILES string of the molecule is CC(C)(C)c1cccc(-c2cc(Br)c3ccc4c(-c5ccc(CN)cc5)ccc5ccc2c3c54)c1. The van der Waals surface area contributed by atoms with Crippen LogP contribution in [0, 0.1) is 0 Å². The van der Waals surface area contributed by atoms with Crippen LogP contribution in [0.3, 0.4) is 0 Å². The maximum Gasteiger partial charge on any atom is 0.0260 e. The Morgan fingerprint density at radius 1 is 0.657 bits per heavy atom. The summed E-state index contributed by atoms with van der Waals surface area (Å²) in [6.07, 6.45) is 0. The molecule has 0 saturated heterocycles. The van der Waals surface area contributed by atoms with Gasteiger partial charge in [-0.1, -0.05) is 122 Å². The smallest absolute Gasteiger partial charge is 0.0260 e. The molecule has 1 nitrogen and oxygen atoms in total. The second-order valence-corrected chi connectivity index (χ2v) is 11.4. The van der Waals surface area contributed by atoms with Gasteiger partial charge in [-0.05, 0) is 77.2 Å². The summed E-state index contributed by atoms with van der Waals surface area (Å²) >= 11 is 3.91. The number of hydrogen-bond donors (Lipinski definition) is 1. The predicted molar refractivity (Wildman–Crippen MR) is 155 cm³/mol. The molecule has 0 bridgehead atoms. The third-order valence-corrected chi connectivity index (χ3v) is 7.93. The quantitative estimate of drug-likeness (QED) is 0.232. The van der Waals surface area contributed by atoms with E-state index in [0.717, 1.165) is 10.0 Å². The third kappa shape index (κ3) is 3.64. The van der Waals surface area contributed by atoms with Gasteiger partial charge in [0.2, 0.25) is 0 Å². The standard InChI is InChI=1S/C33H28BrN/c1-33(2,3)24-6-4-5-23(17-24)29-18-30(34)28-16-15-26-25(21-9-7-20(19-35)8-10-21)13-11-22-12-14-27(29)32(28)31(22)26/h4-18H,19,35H2,1-3H3. The lowest BCUT2D eigenvalue weighted by molar-refractivity contribution is 0.590. The van der Waals surface area contributed by atoms with Gasteiger partial charge >= 0.3 is 0 Å². The number of nitrogens with two attached hydrogens (primary N) is 1. The molecule has 6 rings (SSSR count). The minimum absolute atomic E-state index is 0.103. The van der Waals surface area contributed by atoms with Crippen molar-refractivity contribution in [2.75, 3.05) is 0 Å². The summed E-state index contributed by atoms with van der Waals surface area (Å²) in [5, 5.41) is 7.76. The predicted octanol–water partition coefficient (Wildman–Crippen LogP) is 9.44. The molecule has 0 aliphatic carbocycles. The van der Waals surface area contributed by atoms with Gasteiger partial charge in [0.1, 0.15) is 0 Å². The van der Waals surface area contributed by atoms with Crippen molar-refractivity contribution >= 4 is 48.2 Å². The maximum absolute atomic E-state index is 5.83. The van der Waals surface area contributed by atoms with Crippen LogP contribution < -0.4 is 5.73 Å². The Balaban J connectivity index is 1.67. The van der Waals surface area contributed by atoms with Gasteiger partial charge in [0, 0.05) is 11.0 Å². The topological polar surface area (TPSA) is 26.0 Å². The van der Waals surface area contributed by atoms with Crippen molar-refractivity contribution in [3.05, 3.63) is 107 Å². The number of hydrogen-bond acceptors (Lipinski definition) is 1. The van der Waals surface area contributed by atoms with Gasteiger partial charge in [0.25, 0.3) is 0 Å². The first-order valence-corrected chi connectivity index (χ1v) is 12.9. The van der Waals surface area contributed by atoms with E-state index in [1.807, 2.05) is 0 Å². The van der Waals surface area contributed by atoms with Crippen molar-refractivity contribution < 1.29 is 0 Å². The minimum Gasteiger partial charge on any atom is -0.326 e. The molecule has 0 saturated carbocycles. The molecule has 0 aliphatic heterocycles. The minimum atomic E-state index is 0.103. The average molecular weight is 518 g/mol. The average Bonchev–Trinajstić information content (AvgIpc) is 2.87. The van der Waals surface area contributed by atoms with Crippen LogP contribution in [0.2, 0.25) is 0 Å². The van der Waals surface area contributed by atoms with Crippen molar-refractivity contribution in [1.29, 1.82) is 0 Å². The second kappa shape index (κ2) is 8.19. The molecule has 6 aromatic carbocycles. The molecule has 0 aliphatic rings. The Bertz CT molecular complexity index is 1700. The van der Waals surface area contributed by atoms with E-state index in [9.17, 15) is 0 Å². The fourth-order valence-corrected chi connectivity index (χ4v) is 5.88. The largest absolute Gasteiger partial charge is 0.326 e. The van der Waals surface area contributed by atoms with Crippen molar-refractivity contribution in [1.82, 2.24) is 0 Å². The van der Waals surface area contributed by atoms with Crippen molar-refractivity contribution in [2.45, 2.75) is 32.7 Å². The molecule has 35 heavy (non-hydrogen) atoms. The summed E-state index contributed by atoms with van der Waals surface area (Å²) in [5.41, 5.74) is 13.4. The molecule has 0 heterocycles. The highest BCUT2D eigenvalue weighted by atomic mass is 79.9. The molecular formula is C33H28BrN. The summed E-state index contributed by atoms with van der Waals surface area (Å²) in [6, 6.07) is 33.6. The summed E-state index contributed by atoms with van der Waals surface area (Å²) in [6.45, 7) is 7.38. The highest BCUT2D eigenvalue weighted by Gasteiger charge is 2.18. The van der Waals surface area contributed by atoms with Crippen molar-refractivity contribution in [3.63, 3.8) is 0 Å². The normalized spacial score (nSPS) is 12.3. The number of rotatable bonds is 3. The first kappa shape index (κ1) is 22.3. The molecule has 2 N–H and O–H groups in total. The Hall–Kier alpha value is -3.20. The molecule has 2 heteroatoms. The van der Waals surface area contributed by atoms with Gasteiger partial charge in [-0.15, -0.1) is 0 Å². The lowest BCUT2D eigenvalue weighted by atomic mass is 9.84. The summed E-state index contributed by atoms with van der Waals surface area (Å²) in [5.74, 6) is 0. The van der Waals surface area contributed by atoms with Crippen LogP contribution >= 0.6 is 15.9 Å². The fraction of sp³-hybridized carbons (Fsp3) is 0.152. The molecule has 0 spiro atoms. The van der Waals surface area contributed by atoms with Crippen LogP contribution in [0.25, 0.3) is 54.6 Å². The van der Waals surface area contributed by atoms with E-state index in [-0.39, 0.29) is 5.41 Å². The molecule has 0 aromatic heterocycles. The monoisotopic (exact) mass is 517 g/mol. The molecular weight excluding hydrogens is 490 g/mol. The van der Waals surface area contributed by atoms with E-state index in [1.165, 1.54) is 60.1 Å². The van der Waals surface area contributed by atoms with E-state index in [1.54, 1.807) is 0 Å². The fourth-order valence-electron chi connectivity index (χ4n) is 5.32. The molecule has 172 valence electrons. The zero-order chi connectivity index (χ0) is 24.3. The maximum atomic E-state index is 5.83. The van der Waals surface area contributed by atoms with Crippen molar-refractivity contribution in [3.8, 4) is 22.3 Å². The van der Waals surface area contributed by atoms with Gasteiger partial charge in [-0.3, -0.25) is 0 Å². The van der Waals surface area contributed by atoms with Gasteiger partial charge in [-0.25, -0.2) is 0 Å². The van der Waals surface area contributed by atoms with Crippen LogP contribution in [0.1, 0.15) is 31.9 Å². The van der Waals surface area contributed by atoms with E-state index >= 15 is 0 Å². The lowest BCUT2D eigenvalue weighted by Gasteiger charge is -2.21. The van der Waals surface area contributed by atoms with Gasteiger partial charge in [-0.2, -0.15) is 0 Å². The van der Waals surface area contributed by atoms with Crippen LogP contribution in [0.4, 0.5) is 0 Å². The molecule has 0 atom stereocenters. The number of benzene rings is 6. The Labute approximate surface area is 215 Å². The van der Waals surface area contributed by atoms with Crippen LogP contribution in [0.15, 0.2) is 95.5 Å². The first-order valence-electron chi connectivity index (χ1n) is 12.2. The molecule has 0 unspecified atom stereocenters. The third-order valence-electron chi connectivity index (χ3n) is 7.27. The molecule has 6 aromatic rings. The lowest BCUT2D eigenvalue weighted by Crippen LogP contribution is -2.10. The zero-order valence-electron chi connectivity index (χ0n) is 20.3. The van der Waals surface area contributed by atoms with Crippen LogP contribution in [-0.4, -0.2) is 0 Å². The summed E-state index contributed by atoms with van der Waals surface area (Å²) < 4.78 is 1.13. The van der Waals surface area contributed by atoms with E-state index in [0.29, 0.717) is 6.54 Å². The van der Waals surface area contributed by atoms with Gasteiger partial charge < -0.3 is 5.73 Å². The Morgan fingerprint density at radius 2 is 1.34 bits per heavy atom.